The Morgan fingerprint density at radius 3 is 2.15 bits per heavy atom. The lowest BCUT2D eigenvalue weighted by molar-refractivity contribution is -0.139. The van der Waals surface area contributed by atoms with Gasteiger partial charge in [0.25, 0.3) is 0 Å². The first-order valence-corrected chi connectivity index (χ1v) is 12.6. The Hall–Kier alpha value is -2.98. The standard InChI is InChI=1S/C24H33FN4O4S/c1-5-22(24(31)26-6-2)28(17-16-19-10-8-7-9-11-19)23(30)18-29(34(32,33)27(3)4)21-14-12-20(25)13-15-21/h7-15,22H,5-6,16-18H2,1-4H3,(H,26,31)/t22-/m1/s1. The second kappa shape index (κ2) is 12.5. The molecular weight excluding hydrogens is 459 g/mol. The third-order valence-corrected chi connectivity index (χ3v) is 7.17. The van der Waals surface area contributed by atoms with Crippen LogP contribution in [0.2, 0.25) is 0 Å². The van der Waals surface area contributed by atoms with Crippen LogP contribution in [0.15, 0.2) is 54.6 Å². The van der Waals surface area contributed by atoms with Crippen molar-refractivity contribution in [2.75, 3.05) is 38.0 Å². The molecule has 0 unspecified atom stereocenters. The van der Waals surface area contributed by atoms with E-state index in [1.54, 1.807) is 13.8 Å². The second-order valence-corrected chi connectivity index (χ2v) is 9.98. The van der Waals surface area contributed by atoms with E-state index in [-0.39, 0.29) is 18.1 Å². The van der Waals surface area contributed by atoms with E-state index in [2.05, 4.69) is 5.32 Å². The highest BCUT2D eigenvalue weighted by Gasteiger charge is 2.33. The topological polar surface area (TPSA) is 90.0 Å². The third kappa shape index (κ3) is 7.01. The van der Waals surface area contributed by atoms with Gasteiger partial charge in [0.1, 0.15) is 18.4 Å². The van der Waals surface area contributed by atoms with E-state index >= 15 is 0 Å². The molecule has 2 rings (SSSR count). The predicted octanol–water partition coefficient (Wildman–Crippen LogP) is 2.42. The number of halogens is 1. The molecule has 0 aliphatic rings. The number of carbonyl (C=O) groups excluding carboxylic acids is 2. The summed E-state index contributed by atoms with van der Waals surface area (Å²) in [5.74, 6) is -1.34. The second-order valence-electron chi connectivity index (χ2n) is 7.91. The van der Waals surface area contributed by atoms with Crippen molar-refractivity contribution in [3.63, 3.8) is 0 Å². The normalized spacial score (nSPS) is 12.3. The lowest BCUT2D eigenvalue weighted by Gasteiger charge is -2.33. The Kier molecular flexibility index (Phi) is 10.0. The van der Waals surface area contributed by atoms with Crippen LogP contribution < -0.4 is 9.62 Å². The largest absolute Gasteiger partial charge is 0.355 e. The van der Waals surface area contributed by atoms with Crippen LogP contribution in [-0.2, 0) is 26.2 Å². The fraction of sp³-hybridized carbons (Fsp3) is 0.417. The van der Waals surface area contributed by atoms with E-state index < -0.39 is 34.5 Å². The van der Waals surface area contributed by atoms with Gasteiger partial charge in [-0.05, 0) is 49.6 Å². The quantitative estimate of drug-likeness (QED) is 0.493. The molecule has 10 heteroatoms. The summed E-state index contributed by atoms with van der Waals surface area (Å²) in [6, 6.07) is 13.6. The number of likely N-dealkylation sites (N-methyl/N-ethyl adjacent to an activating group) is 1. The van der Waals surface area contributed by atoms with Crippen LogP contribution in [0, 0.1) is 5.82 Å². The van der Waals surface area contributed by atoms with Gasteiger partial charge < -0.3 is 10.2 Å². The highest BCUT2D eigenvalue weighted by atomic mass is 32.2. The summed E-state index contributed by atoms with van der Waals surface area (Å²) in [5, 5.41) is 2.76. The van der Waals surface area contributed by atoms with Crippen molar-refractivity contribution >= 4 is 27.7 Å². The van der Waals surface area contributed by atoms with E-state index in [0.29, 0.717) is 19.4 Å². The number of amides is 2. The predicted molar refractivity (Wildman–Crippen MR) is 131 cm³/mol. The Morgan fingerprint density at radius 2 is 1.62 bits per heavy atom. The van der Waals surface area contributed by atoms with Gasteiger partial charge in [0, 0.05) is 27.2 Å². The number of benzene rings is 2. The van der Waals surface area contributed by atoms with E-state index in [9.17, 15) is 22.4 Å². The number of hydrogen-bond acceptors (Lipinski definition) is 4. The zero-order chi connectivity index (χ0) is 25.3. The number of anilines is 1. The van der Waals surface area contributed by atoms with Gasteiger partial charge in [0.05, 0.1) is 5.69 Å². The summed E-state index contributed by atoms with van der Waals surface area (Å²) in [6.07, 6.45) is 0.864. The van der Waals surface area contributed by atoms with E-state index in [4.69, 9.17) is 0 Å². The Balaban J connectivity index is 2.40. The van der Waals surface area contributed by atoms with Crippen molar-refractivity contribution in [2.24, 2.45) is 0 Å². The fourth-order valence-corrected chi connectivity index (χ4v) is 4.57. The molecule has 34 heavy (non-hydrogen) atoms. The lowest BCUT2D eigenvalue weighted by atomic mass is 10.1. The molecule has 0 spiro atoms. The Morgan fingerprint density at radius 1 is 1.00 bits per heavy atom. The molecule has 0 saturated heterocycles. The highest BCUT2D eigenvalue weighted by molar-refractivity contribution is 7.90. The van der Waals surface area contributed by atoms with Gasteiger partial charge >= 0.3 is 10.2 Å². The molecule has 2 amide bonds. The van der Waals surface area contributed by atoms with Crippen LogP contribution in [0.25, 0.3) is 0 Å². The molecule has 0 saturated carbocycles. The molecule has 0 heterocycles. The van der Waals surface area contributed by atoms with Crippen molar-refractivity contribution in [3.8, 4) is 0 Å². The van der Waals surface area contributed by atoms with Gasteiger partial charge in [-0.15, -0.1) is 0 Å². The number of rotatable bonds is 12. The maximum atomic E-state index is 13.5. The first-order chi connectivity index (χ1) is 16.1. The van der Waals surface area contributed by atoms with E-state index in [1.165, 1.54) is 31.1 Å². The first-order valence-electron chi connectivity index (χ1n) is 11.2. The maximum Gasteiger partial charge on any atom is 0.304 e. The van der Waals surface area contributed by atoms with Crippen molar-refractivity contribution in [3.05, 3.63) is 66.0 Å². The summed E-state index contributed by atoms with van der Waals surface area (Å²) in [4.78, 5) is 27.7. The minimum atomic E-state index is -4.07. The zero-order valence-corrected chi connectivity index (χ0v) is 20.9. The third-order valence-electron chi connectivity index (χ3n) is 5.35. The molecule has 0 aliphatic carbocycles. The Labute approximate surface area is 201 Å². The molecule has 186 valence electrons. The molecule has 1 N–H and O–H groups in total. The monoisotopic (exact) mass is 492 g/mol. The molecule has 0 radical (unpaired) electrons. The number of carbonyl (C=O) groups is 2. The first kappa shape index (κ1) is 27.3. The molecule has 0 aliphatic heterocycles. The van der Waals surface area contributed by atoms with Gasteiger partial charge in [-0.25, -0.2) is 8.70 Å². The Bertz CT molecular complexity index is 1050. The van der Waals surface area contributed by atoms with Crippen LogP contribution >= 0.6 is 0 Å². The summed E-state index contributed by atoms with van der Waals surface area (Å²) in [6.45, 7) is 3.71. The highest BCUT2D eigenvalue weighted by Crippen LogP contribution is 2.21. The molecule has 0 bridgehead atoms. The van der Waals surface area contributed by atoms with Gasteiger partial charge in [-0.3, -0.25) is 9.59 Å². The van der Waals surface area contributed by atoms with Crippen LogP contribution in [0.1, 0.15) is 25.8 Å². The van der Waals surface area contributed by atoms with Gasteiger partial charge in [0.2, 0.25) is 11.8 Å². The molecule has 0 fully saturated rings. The van der Waals surface area contributed by atoms with Crippen molar-refractivity contribution in [2.45, 2.75) is 32.7 Å². The van der Waals surface area contributed by atoms with Crippen LogP contribution in [0.5, 0.6) is 0 Å². The summed E-state index contributed by atoms with van der Waals surface area (Å²) in [7, 11) is -1.36. The van der Waals surface area contributed by atoms with Crippen LogP contribution in [0.3, 0.4) is 0 Å². The van der Waals surface area contributed by atoms with E-state index in [0.717, 1.165) is 26.3 Å². The summed E-state index contributed by atoms with van der Waals surface area (Å²) in [5.41, 5.74) is 1.14. The average molecular weight is 493 g/mol. The molecule has 8 nitrogen and oxygen atoms in total. The minimum Gasteiger partial charge on any atom is -0.355 e. The smallest absolute Gasteiger partial charge is 0.304 e. The summed E-state index contributed by atoms with van der Waals surface area (Å²) >= 11 is 0. The maximum absolute atomic E-state index is 13.5. The SMILES string of the molecule is CCNC(=O)[C@@H](CC)N(CCc1ccccc1)C(=O)CN(c1ccc(F)cc1)S(=O)(=O)N(C)C. The number of nitrogens with zero attached hydrogens (tertiary/aromatic N) is 3. The van der Waals surface area contributed by atoms with Crippen molar-refractivity contribution in [1.82, 2.24) is 14.5 Å². The average Bonchev–Trinajstić information content (AvgIpc) is 2.81. The zero-order valence-electron chi connectivity index (χ0n) is 20.1. The minimum absolute atomic E-state index is 0.150. The van der Waals surface area contributed by atoms with Crippen LogP contribution in [0.4, 0.5) is 10.1 Å². The molecule has 2 aromatic carbocycles. The number of nitrogens with one attached hydrogen (secondary N) is 1. The van der Waals surface area contributed by atoms with Crippen molar-refractivity contribution < 1.29 is 22.4 Å². The number of hydrogen-bond donors (Lipinski definition) is 1. The van der Waals surface area contributed by atoms with Gasteiger partial charge in [-0.2, -0.15) is 12.7 Å². The molecule has 0 aromatic heterocycles. The van der Waals surface area contributed by atoms with Crippen molar-refractivity contribution in [1.29, 1.82) is 0 Å². The van der Waals surface area contributed by atoms with Gasteiger partial charge in [-0.1, -0.05) is 37.3 Å². The summed E-state index contributed by atoms with van der Waals surface area (Å²) < 4.78 is 41.5. The van der Waals surface area contributed by atoms with Crippen LogP contribution in [-0.4, -0.2) is 69.2 Å². The molecular formula is C24H33FN4O4S. The van der Waals surface area contributed by atoms with E-state index in [1.807, 2.05) is 30.3 Å². The molecule has 2 aromatic rings. The lowest BCUT2D eigenvalue weighted by Crippen LogP contribution is -2.54. The molecule has 1 atom stereocenters. The van der Waals surface area contributed by atoms with Gasteiger partial charge in [0.15, 0.2) is 0 Å². The fourth-order valence-electron chi connectivity index (χ4n) is 3.51.